The number of phenols is 1. The van der Waals surface area contributed by atoms with Crippen molar-refractivity contribution in [2.45, 2.75) is 25.7 Å². The summed E-state index contributed by atoms with van der Waals surface area (Å²) in [5.74, 6) is 0.629. The lowest BCUT2D eigenvalue weighted by molar-refractivity contribution is 0.373. The Kier molecular flexibility index (Phi) is 4.42. The van der Waals surface area contributed by atoms with Gasteiger partial charge in [-0.15, -0.1) is 0 Å². The lowest BCUT2D eigenvalue weighted by atomic mass is 10.2. The van der Waals surface area contributed by atoms with Gasteiger partial charge in [-0.3, -0.25) is 0 Å². The van der Waals surface area contributed by atoms with Gasteiger partial charge in [-0.25, -0.2) is 0 Å². The van der Waals surface area contributed by atoms with Crippen molar-refractivity contribution in [2.75, 3.05) is 20.2 Å². The highest BCUT2D eigenvalue weighted by molar-refractivity contribution is 7.80. The molecule has 1 aliphatic heterocycles. The molecule has 0 saturated carbocycles. The summed E-state index contributed by atoms with van der Waals surface area (Å²) in [5.41, 5.74) is 0.946. The second kappa shape index (κ2) is 6.05. The van der Waals surface area contributed by atoms with Crippen LogP contribution in [0.4, 0.5) is 0 Å². The van der Waals surface area contributed by atoms with Gasteiger partial charge in [-0.2, -0.15) is 0 Å². The van der Waals surface area contributed by atoms with Crippen LogP contribution in [0, 0.1) is 0 Å². The van der Waals surface area contributed by atoms with Crippen molar-refractivity contribution in [2.24, 2.45) is 0 Å². The number of thiocarbonyl (C=S) groups is 1. The first-order valence-corrected chi connectivity index (χ1v) is 6.79. The summed E-state index contributed by atoms with van der Waals surface area (Å²) < 4.78 is 5.12. The monoisotopic (exact) mass is 265 g/mol. The lowest BCUT2D eigenvalue weighted by Gasteiger charge is -2.23. The molecule has 4 heteroatoms. The third-order valence-electron chi connectivity index (χ3n) is 3.32. The molecule has 98 valence electrons. The van der Waals surface area contributed by atoms with E-state index in [1.165, 1.54) is 25.7 Å². The number of aromatic hydroxyl groups is 1. The summed E-state index contributed by atoms with van der Waals surface area (Å²) in [6.07, 6.45) is 4.99. The number of hydrogen-bond donors (Lipinski definition) is 1. The molecule has 18 heavy (non-hydrogen) atoms. The Balaban J connectivity index is 2.16. The van der Waals surface area contributed by atoms with E-state index in [1.807, 2.05) is 12.1 Å². The highest BCUT2D eigenvalue weighted by Gasteiger charge is 2.15. The summed E-state index contributed by atoms with van der Waals surface area (Å²) in [5, 5.41) is 9.59. The first-order chi connectivity index (χ1) is 8.72. The van der Waals surface area contributed by atoms with E-state index < -0.39 is 0 Å². The normalized spacial score (nSPS) is 16.2. The van der Waals surface area contributed by atoms with E-state index in [9.17, 15) is 5.11 Å². The molecule has 0 atom stereocenters. The van der Waals surface area contributed by atoms with Crippen molar-refractivity contribution < 1.29 is 9.84 Å². The fraction of sp³-hybridized carbons (Fsp3) is 0.500. The van der Waals surface area contributed by atoms with Gasteiger partial charge >= 0.3 is 0 Å². The molecule has 0 bridgehead atoms. The number of hydrogen-bond acceptors (Lipinski definition) is 3. The number of likely N-dealkylation sites (tertiary alicyclic amines) is 1. The SMILES string of the molecule is COc1cc(C(=S)N2CCCCCC2)ccc1O. The predicted octanol–water partition coefficient (Wildman–Crippen LogP) is 2.95. The molecule has 1 aromatic carbocycles. The fourth-order valence-electron chi connectivity index (χ4n) is 2.27. The quantitative estimate of drug-likeness (QED) is 0.833. The van der Waals surface area contributed by atoms with Crippen LogP contribution in [0.25, 0.3) is 0 Å². The fourth-order valence-corrected chi connectivity index (χ4v) is 2.58. The number of ether oxygens (including phenoxy) is 1. The van der Waals surface area contributed by atoms with Crippen molar-refractivity contribution in [1.29, 1.82) is 0 Å². The first kappa shape index (κ1) is 13.1. The first-order valence-electron chi connectivity index (χ1n) is 6.38. The molecule has 1 fully saturated rings. The zero-order valence-corrected chi connectivity index (χ0v) is 11.5. The van der Waals surface area contributed by atoms with Gasteiger partial charge in [0.2, 0.25) is 0 Å². The minimum absolute atomic E-state index is 0.153. The van der Waals surface area contributed by atoms with E-state index in [1.54, 1.807) is 13.2 Å². The summed E-state index contributed by atoms with van der Waals surface area (Å²) in [7, 11) is 1.55. The second-order valence-corrected chi connectivity index (χ2v) is 4.98. The Labute approximate surface area is 113 Å². The highest BCUT2D eigenvalue weighted by atomic mass is 32.1. The highest BCUT2D eigenvalue weighted by Crippen LogP contribution is 2.27. The Morgan fingerprint density at radius 1 is 1.22 bits per heavy atom. The van der Waals surface area contributed by atoms with Gasteiger partial charge in [0, 0.05) is 18.7 Å². The third kappa shape index (κ3) is 2.93. The molecule has 2 rings (SSSR count). The minimum atomic E-state index is 0.153. The van der Waals surface area contributed by atoms with Gasteiger partial charge < -0.3 is 14.7 Å². The smallest absolute Gasteiger partial charge is 0.161 e. The molecule has 1 heterocycles. The van der Waals surface area contributed by atoms with Crippen molar-refractivity contribution >= 4 is 17.2 Å². The van der Waals surface area contributed by atoms with Crippen molar-refractivity contribution in [1.82, 2.24) is 4.90 Å². The zero-order valence-electron chi connectivity index (χ0n) is 10.7. The van der Waals surface area contributed by atoms with Crippen LogP contribution in [-0.2, 0) is 0 Å². The van der Waals surface area contributed by atoms with Crippen LogP contribution in [0.15, 0.2) is 18.2 Å². The van der Waals surface area contributed by atoms with Crippen LogP contribution in [0.3, 0.4) is 0 Å². The van der Waals surface area contributed by atoms with Crippen LogP contribution >= 0.6 is 12.2 Å². The van der Waals surface area contributed by atoms with Crippen molar-refractivity contribution in [3.63, 3.8) is 0 Å². The van der Waals surface area contributed by atoms with Gasteiger partial charge in [-0.05, 0) is 31.0 Å². The molecule has 1 aromatic rings. The zero-order chi connectivity index (χ0) is 13.0. The van der Waals surface area contributed by atoms with E-state index in [4.69, 9.17) is 17.0 Å². The minimum Gasteiger partial charge on any atom is -0.504 e. The van der Waals surface area contributed by atoms with Crippen LogP contribution in [-0.4, -0.2) is 35.2 Å². The molecule has 0 radical (unpaired) electrons. The summed E-state index contributed by atoms with van der Waals surface area (Å²) >= 11 is 5.54. The van der Waals surface area contributed by atoms with Crippen LogP contribution in [0.1, 0.15) is 31.2 Å². The summed E-state index contributed by atoms with van der Waals surface area (Å²) in [6.45, 7) is 2.06. The van der Waals surface area contributed by atoms with Crippen LogP contribution < -0.4 is 4.74 Å². The molecule has 0 unspecified atom stereocenters. The molecule has 0 spiro atoms. The molecular formula is C14H19NO2S. The lowest BCUT2D eigenvalue weighted by Crippen LogP contribution is -2.30. The van der Waals surface area contributed by atoms with Crippen LogP contribution in [0.2, 0.25) is 0 Å². The molecule has 1 saturated heterocycles. The molecule has 0 amide bonds. The second-order valence-electron chi connectivity index (χ2n) is 4.59. The number of benzene rings is 1. The number of nitrogens with zero attached hydrogens (tertiary/aromatic N) is 1. The predicted molar refractivity (Wildman–Crippen MR) is 76.4 cm³/mol. The van der Waals surface area contributed by atoms with Gasteiger partial charge in [0.25, 0.3) is 0 Å². The molecule has 1 N–H and O–H groups in total. The molecule has 0 aromatic heterocycles. The molecule has 1 aliphatic rings. The molecule has 3 nitrogen and oxygen atoms in total. The maximum absolute atomic E-state index is 9.59. The van der Waals surface area contributed by atoms with Gasteiger partial charge in [0.15, 0.2) is 11.5 Å². The third-order valence-corrected chi connectivity index (χ3v) is 3.81. The van der Waals surface area contributed by atoms with E-state index >= 15 is 0 Å². The average molecular weight is 265 g/mol. The van der Waals surface area contributed by atoms with Gasteiger partial charge in [0.1, 0.15) is 4.99 Å². The number of phenolic OH excluding ortho intramolecular Hbond substituents is 1. The summed E-state index contributed by atoms with van der Waals surface area (Å²) in [4.78, 5) is 3.11. The summed E-state index contributed by atoms with van der Waals surface area (Å²) in [6, 6.07) is 5.30. The topological polar surface area (TPSA) is 32.7 Å². The van der Waals surface area contributed by atoms with Crippen molar-refractivity contribution in [3.8, 4) is 11.5 Å². The molecular weight excluding hydrogens is 246 g/mol. The number of methoxy groups -OCH3 is 1. The van der Waals surface area contributed by atoms with Crippen molar-refractivity contribution in [3.05, 3.63) is 23.8 Å². The van der Waals surface area contributed by atoms with Gasteiger partial charge in [-0.1, -0.05) is 25.1 Å². The Bertz CT molecular complexity index is 426. The Morgan fingerprint density at radius 2 is 1.89 bits per heavy atom. The largest absolute Gasteiger partial charge is 0.504 e. The molecule has 0 aliphatic carbocycles. The van der Waals surface area contributed by atoms with E-state index in [-0.39, 0.29) is 5.75 Å². The maximum atomic E-state index is 9.59. The van der Waals surface area contributed by atoms with Gasteiger partial charge in [0.05, 0.1) is 7.11 Å². The van der Waals surface area contributed by atoms with E-state index in [2.05, 4.69) is 4.90 Å². The van der Waals surface area contributed by atoms with Crippen LogP contribution in [0.5, 0.6) is 11.5 Å². The Hall–Kier alpha value is -1.29. The maximum Gasteiger partial charge on any atom is 0.161 e. The number of rotatable bonds is 2. The van der Waals surface area contributed by atoms with E-state index in [0.717, 1.165) is 23.6 Å². The van der Waals surface area contributed by atoms with E-state index in [0.29, 0.717) is 5.75 Å². The average Bonchev–Trinajstić information content (AvgIpc) is 2.67. The standard InChI is InChI=1S/C14H19NO2S/c1-17-13-10-11(6-7-12(13)16)14(18)15-8-4-2-3-5-9-15/h6-7,10,16H,2-5,8-9H2,1H3. The Morgan fingerprint density at radius 3 is 2.50 bits per heavy atom.